The smallest absolute Gasteiger partial charge is 0.315 e. The Balaban J connectivity index is 2.97. The van der Waals surface area contributed by atoms with E-state index in [1.807, 2.05) is 13.8 Å². The average molecular weight is 294 g/mol. The first-order valence-electron chi connectivity index (χ1n) is 7.00. The molecule has 7 heteroatoms. The summed E-state index contributed by atoms with van der Waals surface area (Å²) in [7, 11) is 1.67. The van der Waals surface area contributed by atoms with Crippen LogP contribution in [0.15, 0.2) is 18.2 Å². The Kier molecular flexibility index (Phi) is 6.45. The van der Waals surface area contributed by atoms with Gasteiger partial charge < -0.3 is 15.5 Å². The lowest BCUT2D eigenvalue weighted by atomic mass is 10.2. The number of likely N-dealkylation sites (N-methyl/N-ethyl adjacent to an activating group) is 1. The topological polar surface area (TPSA) is 87.5 Å². The zero-order valence-electron chi connectivity index (χ0n) is 12.7. The molecule has 0 bridgehead atoms. The molecule has 0 spiro atoms. The highest BCUT2D eigenvalue weighted by Gasteiger charge is 2.22. The van der Waals surface area contributed by atoms with Crippen LogP contribution in [0.4, 0.5) is 17.1 Å². The fourth-order valence-corrected chi connectivity index (χ4v) is 1.99. The first-order valence-corrected chi connectivity index (χ1v) is 7.00. The fourth-order valence-electron chi connectivity index (χ4n) is 1.99. The van der Waals surface area contributed by atoms with Crippen molar-refractivity contribution in [2.24, 2.45) is 0 Å². The van der Waals surface area contributed by atoms with E-state index < -0.39 is 4.92 Å². The molecule has 0 aliphatic carbocycles. The van der Waals surface area contributed by atoms with Crippen molar-refractivity contribution < 1.29 is 9.72 Å². The molecule has 1 rings (SSSR count). The molecule has 1 aromatic carbocycles. The van der Waals surface area contributed by atoms with Crippen LogP contribution >= 0.6 is 0 Å². The van der Waals surface area contributed by atoms with E-state index in [2.05, 4.69) is 10.6 Å². The van der Waals surface area contributed by atoms with Gasteiger partial charge in [-0.05, 0) is 25.5 Å². The molecule has 0 fully saturated rings. The zero-order valence-corrected chi connectivity index (χ0v) is 12.7. The molecule has 7 nitrogen and oxygen atoms in total. The third kappa shape index (κ3) is 4.62. The van der Waals surface area contributed by atoms with Crippen LogP contribution in [0.2, 0.25) is 0 Å². The highest BCUT2D eigenvalue weighted by molar-refractivity contribution is 5.84. The van der Waals surface area contributed by atoms with E-state index in [0.717, 1.165) is 6.42 Å². The van der Waals surface area contributed by atoms with Crippen LogP contribution in [0.3, 0.4) is 0 Å². The summed E-state index contributed by atoms with van der Waals surface area (Å²) >= 11 is 0. The Morgan fingerprint density at radius 1 is 1.38 bits per heavy atom. The van der Waals surface area contributed by atoms with E-state index in [-0.39, 0.29) is 18.1 Å². The summed E-state index contributed by atoms with van der Waals surface area (Å²) in [5.41, 5.74) is 0.871. The van der Waals surface area contributed by atoms with Crippen LogP contribution in [0.5, 0.6) is 0 Å². The number of para-hydroxylation sites is 1. The van der Waals surface area contributed by atoms with Gasteiger partial charge in [0.1, 0.15) is 11.4 Å². The highest BCUT2D eigenvalue weighted by atomic mass is 16.6. The van der Waals surface area contributed by atoms with Crippen LogP contribution in [0.25, 0.3) is 0 Å². The standard InChI is InChI=1S/C14H22N4O3/c1-4-9-16-13(19)10-17(3)12-8-6-7-11(15-5-2)14(12)18(20)21/h6-8,15H,4-5,9-10H2,1-3H3,(H,16,19). The predicted octanol–water partition coefficient (Wildman–Crippen LogP) is 1.99. The molecule has 0 heterocycles. The summed E-state index contributed by atoms with van der Waals surface area (Å²) in [5.74, 6) is -0.150. The van der Waals surface area contributed by atoms with Gasteiger partial charge in [0, 0.05) is 20.1 Å². The number of hydrogen-bond acceptors (Lipinski definition) is 5. The van der Waals surface area contributed by atoms with Crippen molar-refractivity contribution in [3.05, 3.63) is 28.3 Å². The van der Waals surface area contributed by atoms with E-state index in [9.17, 15) is 14.9 Å². The second kappa shape index (κ2) is 8.08. The van der Waals surface area contributed by atoms with E-state index in [1.165, 1.54) is 0 Å². The normalized spacial score (nSPS) is 10.0. The van der Waals surface area contributed by atoms with E-state index in [0.29, 0.717) is 24.5 Å². The van der Waals surface area contributed by atoms with Gasteiger partial charge in [0.25, 0.3) is 0 Å². The largest absolute Gasteiger partial charge is 0.380 e. The number of benzene rings is 1. The quantitative estimate of drug-likeness (QED) is 0.565. The number of carbonyl (C=O) groups is 1. The summed E-state index contributed by atoms with van der Waals surface area (Å²) in [6, 6.07) is 5.04. The summed E-state index contributed by atoms with van der Waals surface area (Å²) in [5, 5.41) is 17.0. The van der Waals surface area contributed by atoms with Crippen molar-refractivity contribution >= 4 is 23.0 Å². The van der Waals surface area contributed by atoms with Crippen LogP contribution in [-0.2, 0) is 4.79 Å². The summed E-state index contributed by atoms with van der Waals surface area (Å²) in [6.45, 7) is 5.11. The van der Waals surface area contributed by atoms with E-state index in [4.69, 9.17) is 0 Å². The van der Waals surface area contributed by atoms with E-state index in [1.54, 1.807) is 30.1 Å². The minimum Gasteiger partial charge on any atom is -0.380 e. The van der Waals surface area contributed by atoms with Gasteiger partial charge >= 0.3 is 5.69 Å². The van der Waals surface area contributed by atoms with Crippen LogP contribution in [0.1, 0.15) is 20.3 Å². The van der Waals surface area contributed by atoms with Gasteiger partial charge in [0.05, 0.1) is 11.5 Å². The van der Waals surface area contributed by atoms with Crippen molar-refractivity contribution in [1.29, 1.82) is 0 Å². The van der Waals surface area contributed by atoms with Gasteiger partial charge in [0.15, 0.2) is 0 Å². The molecule has 0 atom stereocenters. The number of nitro benzene ring substituents is 1. The fraction of sp³-hybridized carbons (Fsp3) is 0.500. The molecule has 0 saturated carbocycles. The maximum atomic E-state index is 11.7. The average Bonchev–Trinajstić information content (AvgIpc) is 2.44. The van der Waals surface area contributed by atoms with Gasteiger partial charge in [-0.1, -0.05) is 13.0 Å². The van der Waals surface area contributed by atoms with Crippen molar-refractivity contribution in [3.8, 4) is 0 Å². The van der Waals surface area contributed by atoms with Crippen molar-refractivity contribution in [1.82, 2.24) is 5.32 Å². The van der Waals surface area contributed by atoms with Gasteiger partial charge in [-0.3, -0.25) is 14.9 Å². The van der Waals surface area contributed by atoms with Gasteiger partial charge in [-0.25, -0.2) is 0 Å². The predicted molar refractivity (Wildman–Crippen MR) is 83.8 cm³/mol. The monoisotopic (exact) mass is 294 g/mol. The number of nitrogens with one attached hydrogen (secondary N) is 2. The van der Waals surface area contributed by atoms with Crippen molar-refractivity contribution in [3.63, 3.8) is 0 Å². The molecule has 0 aromatic heterocycles. The summed E-state index contributed by atoms with van der Waals surface area (Å²) in [4.78, 5) is 24.2. The van der Waals surface area contributed by atoms with Gasteiger partial charge in [0.2, 0.25) is 5.91 Å². The van der Waals surface area contributed by atoms with Gasteiger partial charge in [-0.2, -0.15) is 0 Å². The van der Waals surface area contributed by atoms with Crippen LogP contribution < -0.4 is 15.5 Å². The molecule has 0 radical (unpaired) electrons. The van der Waals surface area contributed by atoms with Gasteiger partial charge in [-0.15, -0.1) is 0 Å². The maximum absolute atomic E-state index is 11.7. The molecule has 2 N–H and O–H groups in total. The van der Waals surface area contributed by atoms with Crippen molar-refractivity contribution in [2.45, 2.75) is 20.3 Å². The molecule has 0 saturated heterocycles. The Labute approximate surface area is 124 Å². The number of carbonyl (C=O) groups excluding carboxylic acids is 1. The number of amides is 1. The molecule has 21 heavy (non-hydrogen) atoms. The maximum Gasteiger partial charge on any atom is 0.315 e. The second-order valence-corrected chi connectivity index (χ2v) is 4.67. The second-order valence-electron chi connectivity index (χ2n) is 4.67. The SMILES string of the molecule is CCCNC(=O)CN(C)c1cccc(NCC)c1[N+](=O)[O-]. The minimum absolute atomic E-state index is 0.00913. The van der Waals surface area contributed by atoms with Crippen LogP contribution in [-0.4, -0.2) is 37.5 Å². The van der Waals surface area contributed by atoms with Crippen LogP contribution in [0, 0.1) is 10.1 Å². The molecular weight excluding hydrogens is 272 g/mol. The molecule has 116 valence electrons. The number of nitro groups is 1. The number of hydrogen-bond donors (Lipinski definition) is 2. The Bertz CT molecular complexity index is 505. The minimum atomic E-state index is -0.423. The number of nitrogens with zero attached hydrogens (tertiary/aromatic N) is 2. The molecule has 1 aromatic rings. The lowest BCUT2D eigenvalue weighted by molar-refractivity contribution is -0.383. The lowest BCUT2D eigenvalue weighted by Gasteiger charge is -2.20. The Hall–Kier alpha value is -2.31. The van der Waals surface area contributed by atoms with Crippen molar-refractivity contribution in [2.75, 3.05) is 36.9 Å². The summed E-state index contributed by atoms with van der Waals surface area (Å²) < 4.78 is 0. The molecule has 0 unspecified atom stereocenters. The summed E-state index contributed by atoms with van der Waals surface area (Å²) in [6.07, 6.45) is 0.853. The molecular formula is C14H22N4O3. The molecule has 1 amide bonds. The zero-order chi connectivity index (χ0) is 15.8. The van der Waals surface area contributed by atoms with E-state index >= 15 is 0 Å². The first kappa shape index (κ1) is 16.7. The molecule has 0 aliphatic heterocycles. The number of anilines is 2. The lowest BCUT2D eigenvalue weighted by Crippen LogP contribution is -2.35. The first-order chi connectivity index (χ1) is 10.0. The highest BCUT2D eigenvalue weighted by Crippen LogP contribution is 2.34. The Morgan fingerprint density at radius 2 is 2.10 bits per heavy atom. The third-order valence-corrected chi connectivity index (χ3v) is 2.93. The molecule has 0 aliphatic rings. The Morgan fingerprint density at radius 3 is 2.67 bits per heavy atom. The number of rotatable bonds is 8. The third-order valence-electron chi connectivity index (χ3n) is 2.93.